The lowest BCUT2D eigenvalue weighted by Gasteiger charge is -2.29. The topological polar surface area (TPSA) is 77.9 Å². The van der Waals surface area contributed by atoms with Crippen molar-refractivity contribution in [2.24, 2.45) is 11.8 Å². The third-order valence-electron chi connectivity index (χ3n) is 4.52. The summed E-state index contributed by atoms with van der Waals surface area (Å²) < 4.78 is 0. The van der Waals surface area contributed by atoms with Gasteiger partial charge in [-0.1, -0.05) is 27.7 Å². The number of ketones is 1. The van der Waals surface area contributed by atoms with Crippen molar-refractivity contribution in [1.82, 2.24) is 9.80 Å². The van der Waals surface area contributed by atoms with Crippen LogP contribution in [-0.4, -0.2) is 58.7 Å². The summed E-state index contributed by atoms with van der Waals surface area (Å²) in [5.41, 5.74) is 1.51. The van der Waals surface area contributed by atoms with Crippen LogP contribution >= 0.6 is 0 Å². The van der Waals surface area contributed by atoms with Crippen LogP contribution in [0.1, 0.15) is 53.9 Å². The van der Waals surface area contributed by atoms with E-state index in [0.717, 1.165) is 17.7 Å². The molecule has 1 unspecified atom stereocenters. The Morgan fingerprint density at radius 2 is 1.76 bits per heavy atom. The van der Waals surface area contributed by atoms with Crippen molar-refractivity contribution >= 4 is 17.6 Å². The quantitative estimate of drug-likeness (QED) is 0.644. The molecule has 0 aliphatic heterocycles. The van der Waals surface area contributed by atoms with Crippen LogP contribution in [0.2, 0.25) is 0 Å². The highest BCUT2D eigenvalue weighted by Gasteiger charge is 2.34. The molecule has 0 aromatic rings. The van der Waals surface area contributed by atoms with Gasteiger partial charge in [-0.3, -0.25) is 14.4 Å². The van der Waals surface area contributed by atoms with Crippen molar-refractivity contribution < 1.29 is 19.5 Å². The van der Waals surface area contributed by atoms with Gasteiger partial charge in [0.1, 0.15) is 6.54 Å². The van der Waals surface area contributed by atoms with Crippen LogP contribution < -0.4 is 0 Å². The average molecular weight is 352 g/mol. The molecule has 142 valence electrons. The highest BCUT2D eigenvalue weighted by atomic mass is 16.3. The fourth-order valence-corrected chi connectivity index (χ4v) is 2.68. The molecule has 1 fully saturated rings. The molecule has 0 heterocycles. The number of likely N-dealkylation sites (N-methyl/N-ethyl adjacent to an activating group) is 1. The summed E-state index contributed by atoms with van der Waals surface area (Å²) in [6.07, 6.45) is 1.06. The van der Waals surface area contributed by atoms with Crippen molar-refractivity contribution in [2.75, 3.05) is 20.1 Å². The van der Waals surface area contributed by atoms with Gasteiger partial charge in [0.15, 0.2) is 5.78 Å². The molecule has 25 heavy (non-hydrogen) atoms. The van der Waals surface area contributed by atoms with Crippen LogP contribution in [0.4, 0.5) is 0 Å². The van der Waals surface area contributed by atoms with Crippen LogP contribution in [0.15, 0.2) is 11.3 Å². The second-order valence-electron chi connectivity index (χ2n) is 7.36. The normalized spacial score (nSPS) is 18.0. The number of allylic oxidation sites excluding steroid dienone is 2. The zero-order chi connectivity index (χ0) is 19.3. The van der Waals surface area contributed by atoms with Crippen LogP contribution in [0.5, 0.6) is 0 Å². The second kappa shape index (κ2) is 9.13. The van der Waals surface area contributed by atoms with Crippen molar-refractivity contribution in [1.29, 1.82) is 0 Å². The monoisotopic (exact) mass is 352 g/mol. The lowest BCUT2D eigenvalue weighted by atomic mass is 10.0. The Kier molecular flexibility index (Phi) is 7.80. The number of carbonyl (C=O) groups is 3. The van der Waals surface area contributed by atoms with E-state index >= 15 is 0 Å². The van der Waals surface area contributed by atoms with Gasteiger partial charge in [0, 0.05) is 31.3 Å². The van der Waals surface area contributed by atoms with Gasteiger partial charge in [0.2, 0.25) is 11.8 Å². The number of carbonyl (C=O) groups excluding carboxylic acids is 3. The van der Waals surface area contributed by atoms with E-state index in [4.69, 9.17) is 0 Å². The van der Waals surface area contributed by atoms with Crippen molar-refractivity contribution in [3.8, 4) is 0 Å². The molecule has 6 nitrogen and oxygen atoms in total. The fourth-order valence-electron chi connectivity index (χ4n) is 2.68. The van der Waals surface area contributed by atoms with Gasteiger partial charge < -0.3 is 14.9 Å². The summed E-state index contributed by atoms with van der Waals surface area (Å²) in [4.78, 5) is 39.8. The van der Waals surface area contributed by atoms with E-state index in [9.17, 15) is 19.5 Å². The number of aliphatic hydroxyl groups excluding tert-OH is 1. The van der Waals surface area contributed by atoms with Gasteiger partial charge in [-0.05, 0) is 25.7 Å². The first-order chi connectivity index (χ1) is 11.6. The molecule has 0 saturated heterocycles. The summed E-state index contributed by atoms with van der Waals surface area (Å²) in [6.45, 7) is 9.69. The van der Waals surface area contributed by atoms with Crippen molar-refractivity contribution in [2.45, 2.75) is 60.0 Å². The molecule has 1 aliphatic carbocycles. The third kappa shape index (κ3) is 5.96. The Balaban J connectivity index is 2.88. The zero-order valence-electron chi connectivity index (χ0n) is 16.3. The molecule has 1 N–H and O–H groups in total. The molecule has 1 aliphatic rings. The molecular weight excluding hydrogens is 320 g/mol. The van der Waals surface area contributed by atoms with E-state index < -0.39 is 12.0 Å². The summed E-state index contributed by atoms with van der Waals surface area (Å²) in [5.74, 6) is -0.556. The van der Waals surface area contributed by atoms with Crippen LogP contribution in [0.3, 0.4) is 0 Å². The van der Waals surface area contributed by atoms with Gasteiger partial charge in [-0.15, -0.1) is 0 Å². The van der Waals surface area contributed by atoms with Gasteiger partial charge >= 0.3 is 0 Å². The van der Waals surface area contributed by atoms with Gasteiger partial charge in [-0.2, -0.15) is 0 Å². The first-order valence-corrected chi connectivity index (χ1v) is 9.08. The summed E-state index contributed by atoms with van der Waals surface area (Å²) in [7, 11) is 1.67. The molecule has 0 spiro atoms. The smallest absolute Gasteiger partial charge is 0.246 e. The van der Waals surface area contributed by atoms with Crippen molar-refractivity contribution in [3.05, 3.63) is 11.3 Å². The highest BCUT2D eigenvalue weighted by Crippen LogP contribution is 2.32. The molecule has 2 atom stereocenters. The Morgan fingerprint density at radius 1 is 1.20 bits per heavy atom. The molecule has 0 aromatic carbocycles. The largest absolute Gasteiger partial charge is 0.393 e. The average Bonchev–Trinajstić information content (AvgIpc) is 3.26. The molecular formula is C19H32N2O4. The first-order valence-electron chi connectivity index (χ1n) is 9.08. The Hall–Kier alpha value is -1.69. The van der Waals surface area contributed by atoms with Gasteiger partial charge in [-0.25, -0.2) is 0 Å². The maximum Gasteiger partial charge on any atom is 0.246 e. The van der Waals surface area contributed by atoms with Crippen LogP contribution in [0.25, 0.3) is 0 Å². The number of amides is 2. The maximum absolute atomic E-state index is 12.7. The SMILES string of the molecule is CCCN(CC(=O)N(C)/C(CC(C)C)=C1\CC1=O)C(=O)C(C)[C@@H](C)O. The predicted molar refractivity (Wildman–Crippen MR) is 96.6 cm³/mol. The standard InChI is InChI=1S/C19H32N2O4/c1-7-8-21(19(25)13(4)14(5)22)11-18(24)20(6)16(9-12(2)3)15-10-17(15)23/h12-14,22H,7-11H2,1-6H3/b16-15+/t13?,14-/m1/s1. The lowest BCUT2D eigenvalue weighted by molar-refractivity contribution is -0.143. The minimum absolute atomic E-state index is 0.0384. The minimum atomic E-state index is -0.762. The number of Topliss-reactive ketones (excluding diaryl/α,β-unsaturated/α-hetero) is 1. The molecule has 2 amide bonds. The molecule has 1 rings (SSSR count). The fraction of sp³-hybridized carbons (Fsp3) is 0.737. The predicted octanol–water partition coefficient (Wildman–Crippen LogP) is 1.97. The van der Waals surface area contributed by atoms with E-state index in [-0.39, 0.29) is 24.1 Å². The molecule has 0 aromatic heterocycles. The van der Waals surface area contributed by atoms with E-state index in [1.165, 1.54) is 9.80 Å². The molecule has 0 bridgehead atoms. The van der Waals surface area contributed by atoms with Crippen molar-refractivity contribution in [3.63, 3.8) is 0 Å². The second-order valence-corrected chi connectivity index (χ2v) is 7.36. The number of nitrogens with zero attached hydrogens (tertiary/aromatic N) is 2. The molecule has 6 heteroatoms. The van der Waals surface area contributed by atoms with Gasteiger partial charge in [0.25, 0.3) is 0 Å². The minimum Gasteiger partial charge on any atom is -0.393 e. The van der Waals surface area contributed by atoms with Crippen LogP contribution in [0, 0.1) is 11.8 Å². The Labute approximate surface area is 150 Å². The maximum atomic E-state index is 12.7. The zero-order valence-corrected chi connectivity index (χ0v) is 16.3. The number of hydrogen-bond donors (Lipinski definition) is 1. The molecule has 1 saturated carbocycles. The Bertz CT molecular complexity index is 552. The third-order valence-corrected chi connectivity index (χ3v) is 4.52. The lowest BCUT2D eigenvalue weighted by Crippen LogP contribution is -2.45. The number of rotatable bonds is 9. The summed E-state index contributed by atoms with van der Waals surface area (Å²) in [6, 6.07) is 0. The number of aliphatic hydroxyl groups is 1. The number of hydrogen-bond acceptors (Lipinski definition) is 4. The highest BCUT2D eigenvalue weighted by molar-refractivity contribution is 6.14. The van der Waals surface area contributed by atoms with E-state index in [1.54, 1.807) is 20.9 Å². The first kappa shape index (κ1) is 21.4. The van der Waals surface area contributed by atoms with E-state index in [0.29, 0.717) is 25.3 Å². The molecule has 0 radical (unpaired) electrons. The summed E-state index contributed by atoms with van der Waals surface area (Å²) >= 11 is 0. The Morgan fingerprint density at radius 3 is 2.16 bits per heavy atom. The van der Waals surface area contributed by atoms with Gasteiger partial charge in [0.05, 0.1) is 12.0 Å². The van der Waals surface area contributed by atoms with Crippen LogP contribution in [-0.2, 0) is 14.4 Å². The summed E-state index contributed by atoms with van der Waals surface area (Å²) in [5, 5.41) is 9.66. The van der Waals surface area contributed by atoms with E-state index in [2.05, 4.69) is 0 Å². The van der Waals surface area contributed by atoms with E-state index in [1.807, 2.05) is 20.8 Å².